The Kier molecular flexibility index (Phi) is 8.20. The highest BCUT2D eigenvalue weighted by Crippen LogP contribution is 2.21. The molecule has 2 aromatic carbocycles. The molecule has 1 aliphatic rings. The lowest BCUT2D eigenvalue weighted by Crippen LogP contribution is -2.53. The Labute approximate surface area is 187 Å². The standard InChI is InChI=1S/C22H27N3O6S/c1-30-18-10-8-17(9-11-18)12-13-23-21(26)22(27)24-16-20-25(14-5-15-31-20)32(28,29)19-6-3-2-4-7-19/h2-4,6-11,20H,5,12-16H2,1H3,(H,23,26)(H,24,27). The van der Waals surface area contributed by atoms with Gasteiger partial charge >= 0.3 is 11.8 Å². The zero-order valence-corrected chi connectivity index (χ0v) is 18.6. The molecule has 1 saturated heterocycles. The first kappa shape index (κ1) is 23.7. The molecule has 0 aliphatic carbocycles. The lowest BCUT2D eigenvalue weighted by molar-refractivity contribution is -0.140. The quantitative estimate of drug-likeness (QED) is 0.565. The summed E-state index contributed by atoms with van der Waals surface area (Å²) in [6, 6.07) is 15.4. The number of rotatable bonds is 8. The fraction of sp³-hybridized carbons (Fsp3) is 0.364. The zero-order valence-electron chi connectivity index (χ0n) is 17.8. The van der Waals surface area contributed by atoms with Crippen molar-refractivity contribution >= 4 is 21.8 Å². The van der Waals surface area contributed by atoms with Crippen molar-refractivity contribution in [3.05, 3.63) is 60.2 Å². The molecule has 1 heterocycles. The third-order valence-corrected chi connectivity index (χ3v) is 6.91. The van der Waals surface area contributed by atoms with Crippen LogP contribution in [0.4, 0.5) is 0 Å². The Balaban J connectivity index is 1.50. The molecule has 1 fully saturated rings. The van der Waals surface area contributed by atoms with E-state index < -0.39 is 28.1 Å². The van der Waals surface area contributed by atoms with Crippen molar-refractivity contribution in [1.82, 2.24) is 14.9 Å². The lowest BCUT2D eigenvalue weighted by atomic mass is 10.1. The number of nitrogens with one attached hydrogen (secondary N) is 2. The SMILES string of the molecule is COc1ccc(CCNC(=O)C(=O)NCC2OCCCN2S(=O)(=O)c2ccccc2)cc1. The molecule has 9 nitrogen and oxygen atoms in total. The van der Waals surface area contributed by atoms with Gasteiger partial charge in [0.05, 0.1) is 25.2 Å². The van der Waals surface area contributed by atoms with Gasteiger partial charge in [-0.3, -0.25) is 9.59 Å². The summed E-state index contributed by atoms with van der Waals surface area (Å²) in [4.78, 5) is 24.4. The molecule has 0 radical (unpaired) electrons. The summed E-state index contributed by atoms with van der Waals surface area (Å²) in [7, 11) is -2.20. The van der Waals surface area contributed by atoms with E-state index in [0.717, 1.165) is 11.3 Å². The first-order chi connectivity index (χ1) is 15.4. The molecule has 32 heavy (non-hydrogen) atoms. The lowest BCUT2D eigenvalue weighted by Gasteiger charge is -2.34. The first-order valence-electron chi connectivity index (χ1n) is 10.3. The second-order valence-corrected chi connectivity index (χ2v) is 9.06. The summed E-state index contributed by atoms with van der Waals surface area (Å²) in [5, 5.41) is 5.03. The average molecular weight is 462 g/mol. The van der Waals surface area contributed by atoms with Gasteiger partial charge < -0.3 is 20.1 Å². The molecule has 172 valence electrons. The minimum Gasteiger partial charge on any atom is -0.497 e. The monoisotopic (exact) mass is 461 g/mol. The van der Waals surface area contributed by atoms with E-state index in [-0.39, 0.29) is 24.5 Å². The second kappa shape index (κ2) is 11.1. The van der Waals surface area contributed by atoms with Gasteiger partial charge in [-0.15, -0.1) is 0 Å². The first-order valence-corrected chi connectivity index (χ1v) is 11.7. The average Bonchev–Trinajstić information content (AvgIpc) is 2.83. The smallest absolute Gasteiger partial charge is 0.309 e. The number of methoxy groups -OCH3 is 1. The summed E-state index contributed by atoms with van der Waals surface area (Å²) < 4.78 is 37.8. The Morgan fingerprint density at radius 3 is 2.44 bits per heavy atom. The van der Waals surface area contributed by atoms with Crippen molar-refractivity contribution in [3.8, 4) is 5.75 Å². The molecule has 1 atom stereocenters. The maximum atomic E-state index is 12.9. The number of amides is 2. The zero-order chi connectivity index (χ0) is 23.0. The van der Waals surface area contributed by atoms with Gasteiger partial charge in [-0.25, -0.2) is 8.42 Å². The number of hydrogen-bond donors (Lipinski definition) is 2. The summed E-state index contributed by atoms with van der Waals surface area (Å²) in [5.74, 6) is -0.886. The maximum Gasteiger partial charge on any atom is 0.309 e. The van der Waals surface area contributed by atoms with E-state index in [1.54, 1.807) is 25.3 Å². The van der Waals surface area contributed by atoms with Crippen molar-refractivity contribution < 1.29 is 27.5 Å². The van der Waals surface area contributed by atoms with Gasteiger partial charge in [0.2, 0.25) is 10.0 Å². The van der Waals surface area contributed by atoms with E-state index >= 15 is 0 Å². The Morgan fingerprint density at radius 2 is 1.75 bits per heavy atom. The molecule has 2 aromatic rings. The van der Waals surface area contributed by atoms with E-state index in [0.29, 0.717) is 19.4 Å². The highest BCUT2D eigenvalue weighted by molar-refractivity contribution is 7.89. The molecule has 0 spiro atoms. The molecule has 2 N–H and O–H groups in total. The number of nitrogens with zero attached hydrogens (tertiary/aromatic N) is 1. The second-order valence-electron chi connectivity index (χ2n) is 7.17. The summed E-state index contributed by atoms with van der Waals surface area (Å²) >= 11 is 0. The van der Waals surface area contributed by atoms with E-state index in [1.165, 1.54) is 16.4 Å². The molecular formula is C22H27N3O6S. The fourth-order valence-electron chi connectivity index (χ4n) is 3.28. The van der Waals surface area contributed by atoms with Gasteiger partial charge in [0.15, 0.2) is 0 Å². The summed E-state index contributed by atoms with van der Waals surface area (Å²) in [6.45, 7) is 0.797. The third-order valence-electron chi connectivity index (χ3n) is 5.01. The van der Waals surface area contributed by atoms with Gasteiger partial charge in [-0.2, -0.15) is 4.31 Å². The van der Waals surface area contributed by atoms with Crippen LogP contribution in [0.1, 0.15) is 12.0 Å². The van der Waals surface area contributed by atoms with Gasteiger partial charge in [0, 0.05) is 13.1 Å². The van der Waals surface area contributed by atoms with Gasteiger partial charge in [0.1, 0.15) is 12.0 Å². The minimum absolute atomic E-state index is 0.128. The summed E-state index contributed by atoms with van der Waals surface area (Å²) in [6.07, 6.45) is 0.213. The maximum absolute atomic E-state index is 12.9. The van der Waals surface area contributed by atoms with Crippen LogP contribution in [0.25, 0.3) is 0 Å². The highest BCUT2D eigenvalue weighted by Gasteiger charge is 2.34. The molecule has 0 bridgehead atoms. The number of sulfonamides is 1. The van der Waals surface area contributed by atoms with Crippen LogP contribution in [0.15, 0.2) is 59.5 Å². The minimum atomic E-state index is -3.78. The van der Waals surface area contributed by atoms with Crippen LogP contribution >= 0.6 is 0 Å². The van der Waals surface area contributed by atoms with Crippen molar-refractivity contribution in [1.29, 1.82) is 0 Å². The third kappa shape index (κ3) is 6.06. The number of ether oxygens (including phenoxy) is 2. The summed E-state index contributed by atoms with van der Waals surface area (Å²) in [5.41, 5.74) is 0.990. The van der Waals surface area contributed by atoms with E-state index in [9.17, 15) is 18.0 Å². The van der Waals surface area contributed by atoms with Crippen molar-refractivity contribution in [3.63, 3.8) is 0 Å². The molecule has 0 aromatic heterocycles. The largest absolute Gasteiger partial charge is 0.497 e. The van der Waals surface area contributed by atoms with Crippen molar-refractivity contribution in [2.24, 2.45) is 0 Å². The molecule has 3 rings (SSSR count). The Bertz CT molecular complexity index is 1010. The van der Waals surface area contributed by atoms with Crippen LogP contribution < -0.4 is 15.4 Å². The number of carbonyl (C=O) groups is 2. The molecule has 2 amide bonds. The molecule has 0 saturated carbocycles. The Hall–Kier alpha value is -2.95. The van der Waals surface area contributed by atoms with Crippen molar-refractivity contribution in [2.75, 3.05) is 33.4 Å². The van der Waals surface area contributed by atoms with Gasteiger partial charge in [0.25, 0.3) is 0 Å². The van der Waals surface area contributed by atoms with E-state index in [4.69, 9.17) is 9.47 Å². The van der Waals surface area contributed by atoms with Crippen LogP contribution in [0.5, 0.6) is 5.75 Å². The molecular weight excluding hydrogens is 434 g/mol. The fourth-order valence-corrected chi connectivity index (χ4v) is 4.87. The van der Waals surface area contributed by atoms with Gasteiger partial charge in [-0.05, 0) is 42.7 Å². The van der Waals surface area contributed by atoms with Crippen LogP contribution in [0.2, 0.25) is 0 Å². The number of carbonyl (C=O) groups excluding carboxylic acids is 2. The predicted molar refractivity (Wildman–Crippen MR) is 117 cm³/mol. The number of benzene rings is 2. The molecule has 10 heteroatoms. The van der Waals surface area contributed by atoms with Gasteiger partial charge in [-0.1, -0.05) is 30.3 Å². The van der Waals surface area contributed by atoms with E-state index in [2.05, 4.69) is 10.6 Å². The predicted octanol–water partition coefficient (Wildman–Crippen LogP) is 0.907. The van der Waals surface area contributed by atoms with Crippen LogP contribution in [0, 0.1) is 0 Å². The van der Waals surface area contributed by atoms with Crippen LogP contribution in [-0.4, -0.2) is 64.1 Å². The number of hydrogen-bond acceptors (Lipinski definition) is 6. The molecule has 1 unspecified atom stereocenters. The molecule has 1 aliphatic heterocycles. The highest BCUT2D eigenvalue weighted by atomic mass is 32.2. The van der Waals surface area contributed by atoms with Crippen molar-refractivity contribution in [2.45, 2.75) is 24.0 Å². The Morgan fingerprint density at radius 1 is 1.06 bits per heavy atom. The van der Waals surface area contributed by atoms with Crippen LogP contribution in [-0.2, 0) is 30.8 Å². The normalized spacial score (nSPS) is 16.8. The van der Waals surface area contributed by atoms with Crippen LogP contribution in [0.3, 0.4) is 0 Å². The topological polar surface area (TPSA) is 114 Å². The van der Waals surface area contributed by atoms with E-state index in [1.807, 2.05) is 24.3 Å².